The van der Waals surface area contributed by atoms with E-state index in [4.69, 9.17) is 14.0 Å². The Morgan fingerprint density at radius 2 is 1.72 bits per heavy atom. The van der Waals surface area contributed by atoms with Crippen LogP contribution in [-0.4, -0.2) is 55.8 Å². The van der Waals surface area contributed by atoms with Crippen LogP contribution in [0, 0.1) is 13.8 Å². The van der Waals surface area contributed by atoms with E-state index >= 15 is 0 Å². The van der Waals surface area contributed by atoms with Crippen molar-refractivity contribution in [1.29, 1.82) is 0 Å². The van der Waals surface area contributed by atoms with Gasteiger partial charge >= 0.3 is 0 Å². The maximum Gasteiger partial charge on any atom is 0.243 e. The Balaban J connectivity index is 1.29. The van der Waals surface area contributed by atoms with Crippen LogP contribution in [-0.2, 0) is 16.6 Å². The van der Waals surface area contributed by atoms with Gasteiger partial charge in [0.15, 0.2) is 17.3 Å². The third-order valence-corrected chi connectivity index (χ3v) is 7.93. The van der Waals surface area contributed by atoms with Crippen molar-refractivity contribution in [3.05, 3.63) is 59.3 Å². The van der Waals surface area contributed by atoms with Crippen LogP contribution in [0.25, 0.3) is 11.3 Å². The Labute approximate surface area is 187 Å². The third-order valence-electron chi connectivity index (χ3n) is 5.89. The molecule has 0 atom stereocenters. The van der Waals surface area contributed by atoms with Gasteiger partial charge in [0, 0.05) is 44.4 Å². The Bertz CT molecular complexity index is 1250. The summed E-state index contributed by atoms with van der Waals surface area (Å²) in [5.74, 6) is 2.09. The number of hydrogen-bond donors (Lipinski definition) is 0. The molecule has 9 heteroatoms. The molecule has 0 amide bonds. The first-order valence-electron chi connectivity index (χ1n) is 10.6. The summed E-state index contributed by atoms with van der Waals surface area (Å²) in [5.41, 5.74) is 3.30. The van der Waals surface area contributed by atoms with Gasteiger partial charge in [0.05, 0.1) is 10.6 Å². The molecule has 0 unspecified atom stereocenters. The number of aromatic nitrogens is 1. The minimum absolute atomic E-state index is 0.256. The second-order valence-electron chi connectivity index (χ2n) is 8.18. The van der Waals surface area contributed by atoms with E-state index in [1.165, 1.54) is 0 Å². The topological polar surface area (TPSA) is 85.1 Å². The first-order valence-corrected chi connectivity index (χ1v) is 12.0. The molecule has 0 saturated carbocycles. The normalized spacial score (nSPS) is 17.1. The minimum atomic E-state index is -3.61. The van der Waals surface area contributed by atoms with Crippen molar-refractivity contribution in [3.63, 3.8) is 0 Å². The Morgan fingerprint density at radius 1 is 0.938 bits per heavy atom. The van der Waals surface area contributed by atoms with Gasteiger partial charge in [-0.05, 0) is 43.2 Å². The third kappa shape index (κ3) is 3.99. The predicted molar refractivity (Wildman–Crippen MR) is 118 cm³/mol. The average Bonchev–Trinajstić information content (AvgIpc) is 3.43. The molecule has 2 aromatic carbocycles. The summed E-state index contributed by atoms with van der Waals surface area (Å²) in [6.07, 6.45) is 0. The monoisotopic (exact) mass is 455 g/mol. The van der Waals surface area contributed by atoms with E-state index in [9.17, 15) is 8.42 Å². The lowest BCUT2D eigenvalue weighted by Crippen LogP contribution is -2.48. The van der Waals surface area contributed by atoms with Crippen molar-refractivity contribution in [3.8, 4) is 22.8 Å². The first kappa shape index (κ1) is 21.0. The molecule has 1 fully saturated rings. The van der Waals surface area contributed by atoms with Gasteiger partial charge in [0.2, 0.25) is 16.8 Å². The summed E-state index contributed by atoms with van der Waals surface area (Å²) in [6.45, 7) is 6.85. The fourth-order valence-corrected chi connectivity index (χ4v) is 5.77. The predicted octanol–water partition coefficient (Wildman–Crippen LogP) is 3.19. The standard InChI is InChI=1S/C23H25N3O5S/c1-16-3-5-19(21-11-17(2)24-31-21)13-23(16)32(27,28)26-9-7-25(8-10-26)14-18-4-6-20-22(12-18)30-15-29-20/h3-6,11-13H,7-10,14-15H2,1-2H3. The number of ether oxygens (including phenoxy) is 2. The summed E-state index contributed by atoms with van der Waals surface area (Å²) in [6, 6.07) is 13.1. The number of hydrogen-bond acceptors (Lipinski definition) is 7. The maximum absolute atomic E-state index is 13.4. The minimum Gasteiger partial charge on any atom is -0.454 e. The van der Waals surface area contributed by atoms with Crippen molar-refractivity contribution in [2.75, 3.05) is 33.0 Å². The Morgan fingerprint density at radius 3 is 2.47 bits per heavy atom. The molecular weight excluding hydrogens is 430 g/mol. The van der Waals surface area contributed by atoms with Crippen molar-refractivity contribution >= 4 is 10.0 Å². The number of piperazine rings is 1. The first-order chi connectivity index (χ1) is 15.4. The van der Waals surface area contributed by atoms with E-state index in [0.29, 0.717) is 48.0 Å². The van der Waals surface area contributed by atoms with E-state index in [1.54, 1.807) is 16.4 Å². The quantitative estimate of drug-likeness (QED) is 0.584. The van der Waals surface area contributed by atoms with Gasteiger partial charge in [-0.3, -0.25) is 4.90 Å². The van der Waals surface area contributed by atoms with Gasteiger partial charge < -0.3 is 14.0 Å². The Kier molecular flexibility index (Phi) is 5.40. The van der Waals surface area contributed by atoms with E-state index in [-0.39, 0.29) is 6.79 Å². The van der Waals surface area contributed by atoms with Crippen LogP contribution in [0.3, 0.4) is 0 Å². The number of aryl methyl sites for hydroxylation is 2. The van der Waals surface area contributed by atoms with Crippen molar-refractivity contribution in [2.24, 2.45) is 0 Å². The van der Waals surface area contributed by atoms with Gasteiger partial charge in [-0.15, -0.1) is 0 Å². The lowest BCUT2D eigenvalue weighted by atomic mass is 10.1. The van der Waals surface area contributed by atoms with Crippen molar-refractivity contribution in [2.45, 2.75) is 25.3 Å². The smallest absolute Gasteiger partial charge is 0.243 e. The molecule has 0 N–H and O–H groups in total. The van der Waals surface area contributed by atoms with Gasteiger partial charge in [0.1, 0.15) is 0 Å². The molecule has 0 aliphatic carbocycles. The molecule has 0 spiro atoms. The SMILES string of the molecule is Cc1cc(-c2ccc(C)c(S(=O)(=O)N3CCN(Cc4ccc5c(c4)OCO5)CC3)c2)on1. The highest BCUT2D eigenvalue weighted by Gasteiger charge is 2.30. The van der Waals surface area contributed by atoms with Crippen LogP contribution < -0.4 is 9.47 Å². The molecule has 3 aromatic rings. The van der Waals surface area contributed by atoms with Gasteiger partial charge in [0.25, 0.3) is 0 Å². The number of sulfonamides is 1. The van der Waals surface area contributed by atoms with Gasteiger partial charge in [-0.25, -0.2) is 8.42 Å². The average molecular weight is 456 g/mol. The van der Waals surface area contributed by atoms with Crippen molar-refractivity contribution in [1.82, 2.24) is 14.4 Å². The van der Waals surface area contributed by atoms with Gasteiger partial charge in [-0.1, -0.05) is 23.4 Å². The zero-order chi connectivity index (χ0) is 22.3. The summed E-state index contributed by atoms with van der Waals surface area (Å²) in [4.78, 5) is 2.57. The highest BCUT2D eigenvalue weighted by molar-refractivity contribution is 7.89. The van der Waals surface area contributed by atoms with Crippen LogP contribution in [0.1, 0.15) is 16.8 Å². The second-order valence-corrected chi connectivity index (χ2v) is 10.1. The lowest BCUT2D eigenvalue weighted by molar-refractivity contribution is 0.173. The second kappa shape index (κ2) is 8.23. The molecule has 168 valence electrons. The summed E-state index contributed by atoms with van der Waals surface area (Å²) < 4.78 is 44.6. The van der Waals surface area contributed by atoms with E-state index < -0.39 is 10.0 Å². The molecule has 32 heavy (non-hydrogen) atoms. The van der Waals surface area contributed by atoms with E-state index in [1.807, 2.05) is 44.2 Å². The molecule has 2 aliphatic heterocycles. The number of nitrogens with zero attached hydrogens (tertiary/aromatic N) is 3. The molecule has 3 heterocycles. The zero-order valence-electron chi connectivity index (χ0n) is 18.1. The summed E-state index contributed by atoms with van der Waals surface area (Å²) >= 11 is 0. The molecule has 0 bridgehead atoms. The van der Waals surface area contributed by atoms with Crippen molar-refractivity contribution < 1.29 is 22.4 Å². The molecule has 1 saturated heterocycles. The molecule has 5 rings (SSSR count). The largest absolute Gasteiger partial charge is 0.454 e. The van der Waals surface area contributed by atoms with Crippen LogP contribution in [0.5, 0.6) is 11.5 Å². The van der Waals surface area contributed by atoms with E-state index in [2.05, 4.69) is 10.1 Å². The molecule has 1 aromatic heterocycles. The number of fused-ring (bicyclic) bond motifs is 1. The Hall–Kier alpha value is -2.88. The molecule has 8 nitrogen and oxygen atoms in total. The fraction of sp³-hybridized carbons (Fsp3) is 0.348. The van der Waals surface area contributed by atoms with Crippen LogP contribution in [0.4, 0.5) is 0 Å². The molecular formula is C23H25N3O5S. The van der Waals surface area contributed by atoms with Crippen LogP contribution in [0.15, 0.2) is 51.9 Å². The summed E-state index contributed by atoms with van der Waals surface area (Å²) in [5, 5.41) is 3.90. The number of benzene rings is 2. The van der Waals surface area contributed by atoms with Gasteiger partial charge in [-0.2, -0.15) is 4.31 Å². The highest BCUT2D eigenvalue weighted by atomic mass is 32.2. The molecule has 2 aliphatic rings. The molecule has 0 radical (unpaired) electrons. The highest BCUT2D eigenvalue weighted by Crippen LogP contribution is 2.33. The fourth-order valence-electron chi connectivity index (χ4n) is 4.10. The zero-order valence-corrected chi connectivity index (χ0v) is 18.9. The van der Waals surface area contributed by atoms with Crippen LogP contribution in [0.2, 0.25) is 0 Å². The van der Waals surface area contributed by atoms with Crippen LogP contribution >= 0.6 is 0 Å². The maximum atomic E-state index is 13.4. The van der Waals surface area contributed by atoms with E-state index in [0.717, 1.165) is 29.3 Å². The number of rotatable bonds is 5. The summed E-state index contributed by atoms with van der Waals surface area (Å²) in [7, 11) is -3.61. The lowest BCUT2D eigenvalue weighted by Gasteiger charge is -2.34.